The first kappa shape index (κ1) is 16.4. The number of nitrogens with two attached hydrogens (primary N) is 1. The van der Waals surface area contributed by atoms with E-state index < -0.39 is 29.6 Å². The maximum atomic E-state index is 12.1. The zero-order chi connectivity index (χ0) is 15.5. The second-order valence-corrected chi connectivity index (χ2v) is 5.96. The van der Waals surface area contributed by atoms with Gasteiger partial charge in [0.1, 0.15) is 11.6 Å². The van der Waals surface area contributed by atoms with Crippen LogP contribution in [0.15, 0.2) is 0 Å². The van der Waals surface area contributed by atoms with Crippen LogP contribution in [-0.4, -0.2) is 47.0 Å². The molecule has 3 amide bonds. The average Bonchev–Trinajstić information content (AvgIpc) is 2.73. The van der Waals surface area contributed by atoms with Gasteiger partial charge in [-0.1, -0.05) is 0 Å². The maximum Gasteiger partial charge on any atom is 0.323 e. The summed E-state index contributed by atoms with van der Waals surface area (Å²) >= 11 is 0. The number of primary amides is 1. The maximum absolute atomic E-state index is 12.1. The summed E-state index contributed by atoms with van der Waals surface area (Å²) in [6.07, 6.45) is 1.45. The number of imide groups is 1. The molecule has 0 aromatic carbocycles. The van der Waals surface area contributed by atoms with E-state index in [4.69, 9.17) is 10.5 Å². The third-order valence-electron chi connectivity index (χ3n) is 3.10. The van der Waals surface area contributed by atoms with Crippen LogP contribution in [0.3, 0.4) is 0 Å². The van der Waals surface area contributed by atoms with E-state index in [-0.39, 0.29) is 5.97 Å². The summed E-state index contributed by atoms with van der Waals surface area (Å²) in [5, 5.41) is 2.03. The van der Waals surface area contributed by atoms with E-state index in [0.29, 0.717) is 13.0 Å². The molecule has 1 saturated heterocycles. The largest absolute Gasteiger partial charge is 0.459 e. The molecule has 20 heavy (non-hydrogen) atoms. The first-order chi connectivity index (χ1) is 9.11. The van der Waals surface area contributed by atoms with Crippen molar-refractivity contribution in [2.24, 2.45) is 5.73 Å². The van der Waals surface area contributed by atoms with E-state index >= 15 is 0 Å². The Morgan fingerprint density at radius 3 is 2.45 bits per heavy atom. The smallest absolute Gasteiger partial charge is 0.323 e. The molecule has 0 aromatic rings. The van der Waals surface area contributed by atoms with Gasteiger partial charge in [0, 0.05) is 0 Å². The predicted octanol–water partition coefficient (Wildman–Crippen LogP) is 0.376. The Hall–Kier alpha value is -1.63. The van der Waals surface area contributed by atoms with Gasteiger partial charge in [0.2, 0.25) is 5.91 Å². The number of nitrogens with one attached hydrogen (secondary N) is 1. The average molecular weight is 285 g/mol. The zero-order valence-electron chi connectivity index (χ0n) is 12.4. The molecule has 0 bridgehead atoms. The van der Waals surface area contributed by atoms with Crippen molar-refractivity contribution in [1.29, 1.82) is 0 Å². The molecule has 1 rings (SSSR count). The summed E-state index contributed by atoms with van der Waals surface area (Å²) in [5.74, 6) is -0.846. The molecule has 1 heterocycles. The van der Waals surface area contributed by atoms with Gasteiger partial charge < -0.3 is 10.5 Å². The number of hydrogen-bond acceptors (Lipinski definition) is 5. The second kappa shape index (κ2) is 6.21. The van der Waals surface area contributed by atoms with E-state index in [1.54, 1.807) is 32.6 Å². The highest BCUT2D eigenvalue weighted by atomic mass is 16.6. The summed E-state index contributed by atoms with van der Waals surface area (Å²) in [5.41, 5.74) is 4.36. The molecule has 1 unspecified atom stereocenters. The van der Waals surface area contributed by atoms with Crippen LogP contribution >= 0.6 is 0 Å². The fourth-order valence-electron chi connectivity index (χ4n) is 2.25. The predicted molar refractivity (Wildman–Crippen MR) is 72.8 cm³/mol. The van der Waals surface area contributed by atoms with Crippen LogP contribution in [0.1, 0.15) is 40.5 Å². The molecular weight excluding hydrogens is 262 g/mol. The number of likely N-dealkylation sites (tertiary alicyclic amines) is 1. The molecule has 0 aromatic heterocycles. The van der Waals surface area contributed by atoms with Gasteiger partial charge in [-0.3, -0.25) is 19.8 Å². The number of urea groups is 1. The highest BCUT2D eigenvalue weighted by Gasteiger charge is 2.38. The Balaban J connectivity index is 2.71. The highest BCUT2D eigenvalue weighted by Crippen LogP contribution is 2.23. The second-order valence-electron chi connectivity index (χ2n) is 5.96. The van der Waals surface area contributed by atoms with Gasteiger partial charge in [0.25, 0.3) is 0 Å². The van der Waals surface area contributed by atoms with Crippen molar-refractivity contribution < 1.29 is 19.1 Å². The molecule has 2 atom stereocenters. The molecule has 0 spiro atoms. The molecule has 0 saturated carbocycles. The van der Waals surface area contributed by atoms with Crippen molar-refractivity contribution in [1.82, 2.24) is 10.2 Å². The monoisotopic (exact) mass is 285 g/mol. The quantitative estimate of drug-likeness (QED) is 0.730. The van der Waals surface area contributed by atoms with Crippen molar-refractivity contribution >= 4 is 17.9 Å². The lowest BCUT2D eigenvalue weighted by atomic mass is 10.1. The number of nitrogens with zero attached hydrogens (tertiary/aromatic N) is 1. The van der Waals surface area contributed by atoms with Crippen molar-refractivity contribution in [2.45, 2.75) is 58.2 Å². The molecule has 1 aliphatic rings. The molecule has 1 aliphatic heterocycles. The Labute approximate surface area is 118 Å². The van der Waals surface area contributed by atoms with E-state index in [2.05, 4.69) is 0 Å². The van der Waals surface area contributed by atoms with Crippen molar-refractivity contribution in [3.63, 3.8) is 0 Å². The number of ether oxygens (including phenoxy) is 1. The number of esters is 1. The summed E-state index contributed by atoms with van der Waals surface area (Å²) in [7, 11) is 0. The van der Waals surface area contributed by atoms with E-state index in [1.165, 1.54) is 0 Å². The minimum atomic E-state index is -0.894. The molecule has 7 heteroatoms. The first-order valence-electron chi connectivity index (χ1n) is 6.70. The normalized spacial score (nSPS) is 21.3. The standard InChI is InChI=1S/C13H23N3O4/c1-8(10(17)15-12(14)19)16-7-5-6-9(16)11(18)20-13(2,3)4/h8-9H,5-7H2,1-4H3,(H3,14,15,17,19)/t8?,9-/m1/s1. The van der Waals surface area contributed by atoms with Gasteiger partial charge in [-0.2, -0.15) is 0 Å². The Kier molecular flexibility index (Phi) is 5.10. The van der Waals surface area contributed by atoms with Crippen molar-refractivity contribution in [3.05, 3.63) is 0 Å². The van der Waals surface area contributed by atoms with Gasteiger partial charge in [0.05, 0.1) is 6.04 Å². The fraction of sp³-hybridized carbons (Fsp3) is 0.769. The van der Waals surface area contributed by atoms with Crippen molar-refractivity contribution in [2.75, 3.05) is 6.54 Å². The minimum Gasteiger partial charge on any atom is -0.459 e. The number of hydrogen-bond donors (Lipinski definition) is 2. The van der Waals surface area contributed by atoms with Gasteiger partial charge in [0.15, 0.2) is 0 Å². The van der Waals surface area contributed by atoms with Crippen LogP contribution < -0.4 is 11.1 Å². The van der Waals surface area contributed by atoms with Crippen LogP contribution in [0.4, 0.5) is 4.79 Å². The molecule has 1 fully saturated rings. The summed E-state index contributed by atoms with van der Waals surface area (Å²) in [6, 6.07) is -1.96. The SMILES string of the molecule is CC(C(=O)NC(N)=O)N1CCC[C@@H]1C(=O)OC(C)(C)C. The van der Waals surface area contributed by atoms with E-state index in [9.17, 15) is 14.4 Å². The molecule has 0 radical (unpaired) electrons. The lowest BCUT2D eigenvalue weighted by Gasteiger charge is -2.30. The molecule has 7 nitrogen and oxygen atoms in total. The highest BCUT2D eigenvalue weighted by molar-refractivity contribution is 5.96. The topological polar surface area (TPSA) is 102 Å². The lowest BCUT2D eigenvalue weighted by Crippen LogP contribution is -2.52. The van der Waals surface area contributed by atoms with E-state index in [1.807, 2.05) is 5.32 Å². The molecule has 114 valence electrons. The summed E-state index contributed by atoms with van der Waals surface area (Å²) in [4.78, 5) is 36.4. The fourth-order valence-corrected chi connectivity index (χ4v) is 2.25. The zero-order valence-corrected chi connectivity index (χ0v) is 12.4. The van der Waals surface area contributed by atoms with Crippen LogP contribution in [-0.2, 0) is 14.3 Å². The van der Waals surface area contributed by atoms with Crippen LogP contribution in [0.25, 0.3) is 0 Å². The number of rotatable bonds is 3. The number of carbonyl (C=O) groups excluding carboxylic acids is 3. The molecular formula is C13H23N3O4. The van der Waals surface area contributed by atoms with Gasteiger partial charge >= 0.3 is 12.0 Å². The lowest BCUT2D eigenvalue weighted by molar-refractivity contribution is -0.161. The third-order valence-corrected chi connectivity index (χ3v) is 3.10. The Morgan fingerprint density at radius 2 is 1.95 bits per heavy atom. The van der Waals surface area contributed by atoms with Gasteiger partial charge in [-0.05, 0) is 47.1 Å². The third kappa shape index (κ3) is 4.48. The minimum absolute atomic E-state index is 0.339. The van der Waals surface area contributed by atoms with Crippen LogP contribution in [0.2, 0.25) is 0 Å². The molecule has 3 N–H and O–H groups in total. The summed E-state index contributed by atoms with van der Waals surface area (Å²) < 4.78 is 5.36. The van der Waals surface area contributed by atoms with Gasteiger partial charge in [-0.15, -0.1) is 0 Å². The van der Waals surface area contributed by atoms with Gasteiger partial charge in [-0.25, -0.2) is 4.79 Å². The number of amides is 3. The van der Waals surface area contributed by atoms with E-state index in [0.717, 1.165) is 6.42 Å². The van der Waals surface area contributed by atoms with Crippen LogP contribution in [0.5, 0.6) is 0 Å². The number of carbonyl (C=O) groups is 3. The Bertz CT molecular complexity index is 403. The van der Waals surface area contributed by atoms with Crippen molar-refractivity contribution in [3.8, 4) is 0 Å². The Morgan fingerprint density at radius 1 is 1.35 bits per heavy atom. The molecule has 0 aliphatic carbocycles. The van der Waals surface area contributed by atoms with Crippen LogP contribution in [0, 0.1) is 0 Å². The first-order valence-corrected chi connectivity index (χ1v) is 6.70. The summed E-state index contributed by atoms with van der Waals surface area (Å²) in [6.45, 7) is 7.65.